The fraction of sp³-hybridized carbons (Fsp3) is 0.714. The van der Waals surface area contributed by atoms with Crippen LogP contribution in [0, 0.1) is 17.2 Å². The van der Waals surface area contributed by atoms with Gasteiger partial charge in [0.05, 0.1) is 5.92 Å². The Bertz CT molecular complexity index is 181. The van der Waals surface area contributed by atoms with Gasteiger partial charge in [0.2, 0.25) is 0 Å². The summed E-state index contributed by atoms with van der Waals surface area (Å²) in [6, 6.07) is 0. The molecule has 0 fully saturated rings. The highest BCUT2D eigenvalue weighted by atomic mass is 16.4. The molecule has 5 heteroatoms. The molecule has 12 heavy (non-hydrogen) atoms. The van der Waals surface area contributed by atoms with Crippen LogP contribution >= 0.6 is 0 Å². The van der Waals surface area contributed by atoms with Crippen molar-refractivity contribution in [3.8, 4) is 0 Å². The molecular weight excluding hydrogens is 158 g/mol. The quantitative estimate of drug-likeness (QED) is 0.350. The first-order valence-electron chi connectivity index (χ1n) is 3.75. The Labute approximate surface area is 71.5 Å². The first-order chi connectivity index (χ1) is 5.45. The summed E-state index contributed by atoms with van der Waals surface area (Å²) >= 11 is 0. The molecule has 0 rings (SSSR count). The predicted octanol–water partition coefficient (Wildman–Crippen LogP) is -0.174. The molecule has 0 radical (unpaired) electrons. The topological polar surface area (TPSA) is 99.2 Å². The Morgan fingerprint density at radius 3 is 2.50 bits per heavy atom. The number of hydrogen-bond acceptors (Lipinski definition) is 2. The average Bonchev–Trinajstić information content (AvgIpc) is 1.98. The first-order valence-corrected chi connectivity index (χ1v) is 3.75. The van der Waals surface area contributed by atoms with Gasteiger partial charge >= 0.3 is 5.97 Å². The second-order valence-electron chi connectivity index (χ2n) is 2.90. The normalized spacial score (nSPS) is 14.8. The van der Waals surface area contributed by atoms with E-state index in [0.717, 1.165) is 0 Å². The zero-order valence-corrected chi connectivity index (χ0v) is 7.29. The van der Waals surface area contributed by atoms with Crippen LogP contribution in [0.4, 0.5) is 0 Å². The number of carboxylic acids is 1. The molecule has 0 aliphatic carbocycles. The van der Waals surface area contributed by atoms with Crippen LogP contribution in [0.25, 0.3) is 0 Å². The molecule has 0 aromatic heterocycles. The molecule has 0 aromatic rings. The van der Waals surface area contributed by atoms with Crippen molar-refractivity contribution < 1.29 is 9.90 Å². The van der Waals surface area contributed by atoms with E-state index >= 15 is 0 Å². The number of hydrogen-bond donors (Lipinski definition) is 4. The third-order valence-electron chi connectivity index (χ3n) is 1.86. The van der Waals surface area contributed by atoms with Crippen LogP contribution in [0.3, 0.4) is 0 Å². The van der Waals surface area contributed by atoms with Crippen molar-refractivity contribution in [3.05, 3.63) is 0 Å². The van der Waals surface area contributed by atoms with Gasteiger partial charge in [-0.1, -0.05) is 13.8 Å². The largest absolute Gasteiger partial charge is 0.481 e. The SMILES string of the molecule is CC(CNC(=N)N)C(C)C(=O)O. The van der Waals surface area contributed by atoms with Crippen LogP contribution in [-0.2, 0) is 4.79 Å². The van der Waals surface area contributed by atoms with E-state index < -0.39 is 11.9 Å². The maximum Gasteiger partial charge on any atom is 0.306 e. The Kier molecular flexibility index (Phi) is 4.10. The van der Waals surface area contributed by atoms with Crippen LogP contribution < -0.4 is 11.1 Å². The monoisotopic (exact) mass is 173 g/mol. The highest BCUT2D eigenvalue weighted by Crippen LogP contribution is 2.09. The molecule has 2 unspecified atom stereocenters. The Hall–Kier alpha value is -1.26. The fourth-order valence-electron chi connectivity index (χ4n) is 0.691. The zero-order valence-electron chi connectivity index (χ0n) is 7.29. The number of aliphatic carboxylic acids is 1. The molecular formula is C7H15N3O2. The van der Waals surface area contributed by atoms with Crippen molar-refractivity contribution in [2.45, 2.75) is 13.8 Å². The molecule has 5 nitrogen and oxygen atoms in total. The summed E-state index contributed by atoms with van der Waals surface area (Å²) in [5.41, 5.74) is 5.04. The summed E-state index contributed by atoms with van der Waals surface area (Å²) in [7, 11) is 0. The lowest BCUT2D eigenvalue weighted by molar-refractivity contribution is -0.142. The Morgan fingerprint density at radius 1 is 1.67 bits per heavy atom. The molecule has 0 spiro atoms. The molecule has 5 N–H and O–H groups in total. The van der Waals surface area contributed by atoms with Crippen LogP contribution in [0.5, 0.6) is 0 Å². The summed E-state index contributed by atoms with van der Waals surface area (Å²) in [5, 5.41) is 18.0. The van der Waals surface area contributed by atoms with Crippen molar-refractivity contribution in [2.24, 2.45) is 17.6 Å². The summed E-state index contributed by atoms with van der Waals surface area (Å²) in [5.74, 6) is -1.41. The second kappa shape index (κ2) is 4.58. The molecule has 0 aromatic carbocycles. The standard InChI is InChI=1S/C7H15N3O2/c1-4(3-10-7(8)9)5(2)6(11)12/h4-5H,3H2,1-2H3,(H,11,12)(H4,8,9,10). The first kappa shape index (κ1) is 10.7. The number of guanidine groups is 1. The summed E-state index contributed by atoms with van der Waals surface area (Å²) in [6.07, 6.45) is 0. The highest BCUT2D eigenvalue weighted by Gasteiger charge is 2.18. The van der Waals surface area contributed by atoms with Crippen molar-refractivity contribution in [1.82, 2.24) is 5.32 Å². The van der Waals surface area contributed by atoms with Crippen LogP contribution in [0.15, 0.2) is 0 Å². The van der Waals surface area contributed by atoms with Gasteiger partial charge in [-0.05, 0) is 5.92 Å². The van der Waals surface area contributed by atoms with Crippen molar-refractivity contribution in [2.75, 3.05) is 6.54 Å². The average molecular weight is 173 g/mol. The molecule has 0 saturated carbocycles. The van der Waals surface area contributed by atoms with Gasteiger partial charge in [-0.25, -0.2) is 0 Å². The summed E-state index contributed by atoms with van der Waals surface area (Å²) in [6.45, 7) is 3.85. The third kappa shape index (κ3) is 3.80. The minimum Gasteiger partial charge on any atom is -0.481 e. The van der Waals surface area contributed by atoms with Gasteiger partial charge in [-0.15, -0.1) is 0 Å². The lowest BCUT2D eigenvalue weighted by Gasteiger charge is -2.16. The van der Waals surface area contributed by atoms with Gasteiger partial charge in [0.1, 0.15) is 0 Å². The lowest BCUT2D eigenvalue weighted by Crippen LogP contribution is -2.36. The summed E-state index contributed by atoms with van der Waals surface area (Å²) in [4.78, 5) is 10.5. The number of rotatable bonds is 4. The van der Waals surface area contributed by atoms with E-state index in [1.807, 2.05) is 0 Å². The minimum absolute atomic E-state index is 0.0357. The number of carbonyl (C=O) groups is 1. The molecule has 0 aliphatic rings. The van der Waals surface area contributed by atoms with Gasteiger partial charge in [0.15, 0.2) is 5.96 Å². The fourth-order valence-corrected chi connectivity index (χ4v) is 0.691. The van der Waals surface area contributed by atoms with E-state index in [0.29, 0.717) is 6.54 Å². The smallest absolute Gasteiger partial charge is 0.306 e. The minimum atomic E-state index is -0.826. The number of nitrogens with one attached hydrogen (secondary N) is 2. The number of carboxylic acid groups (broad SMARTS) is 1. The molecule has 0 amide bonds. The zero-order chi connectivity index (χ0) is 9.72. The Balaban J connectivity index is 3.79. The maximum absolute atomic E-state index is 10.5. The van der Waals surface area contributed by atoms with E-state index in [4.69, 9.17) is 16.2 Å². The van der Waals surface area contributed by atoms with Gasteiger partial charge < -0.3 is 16.2 Å². The van der Waals surface area contributed by atoms with Crippen molar-refractivity contribution in [1.29, 1.82) is 5.41 Å². The van der Waals surface area contributed by atoms with Crippen LogP contribution in [-0.4, -0.2) is 23.6 Å². The molecule has 2 atom stereocenters. The Morgan fingerprint density at radius 2 is 2.17 bits per heavy atom. The van der Waals surface area contributed by atoms with Crippen molar-refractivity contribution in [3.63, 3.8) is 0 Å². The molecule has 0 aliphatic heterocycles. The maximum atomic E-state index is 10.5. The van der Waals surface area contributed by atoms with E-state index in [-0.39, 0.29) is 11.9 Å². The van der Waals surface area contributed by atoms with Gasteiger partial charge in [-0.3, -0.25) is 10.2 Å². The van der Waals surface area contributed by atoms with Crippen LogP contribution in [0.2, 0.25) is 0 Å². The second-order valence-corrected chi connectivity index (χ2v) is 2.90. The highest BCUT2D eigenvalue weighted by molar-refractivity contribution is 5.74. The van der Waals surface area contributed by atoms with E-state index in [9.17, 15) is 4.79 Å². The van der Waals surface area contributed by atoms with Gasteiger partial charge in [-0.2, -0.15) is 0 Å². The molecule has 0 heterocycles. The van der Waals surface area contributed by atoms with E-state index in [1.165, 1.54) is 0 Å². The molecule has 70 valence electrons. The van der Waals surface area contributed by atoms with Gasteiger partial charge in [0.25, 0.3) is 0 Å². The predicted molar refractivity (Wildman–Crippen MR) is 45.9 cm³/mol. The molecule has 0 saturated heterocycles. The number of nitrogens with two attached hydrogens (primary N) is 1. The molecule has 0 bridgehead atoms. The van der Waals surface area contributed by atoms with E-state index in [2.05, 4.69) is 5.32 Å². The van der Waals surface area contributed by atoms with E-state index in [1.54, 1.807) is 13.8 Å². The van der Waals surface area contributed by atoms with Crippen LogP contribution in [0.1, 0.15) is 13.8 Å². The lowest BCUT2D eigenvalue weighted by atomic mass is 9.96. The third-order valence-corrected chi connectivity index (χ3v) is 1.86. The summed E-state index contributed by atoms with van der Waals surface area (Å²) < 4.78 is 0. The van der Waals surface area contributed by atoms with Gasteiger partial charge in [0, 0.05) is 6.54 Å². The van der Waals surface area contributed by atoms with Crippen molar-refractivity contribution >= 4 is 11.9 Å².